The minimum atomic E-state index is -0.177. The summed E-state index contributed by atoms with van der Waals surface area (Å²) in [6.07, 6.45) is 3.24. The minimum absolute atomic E-state index is 0.0132. The zero-order valence-electron chi connectivity index (χ0n) is 15.2. The molecule has 2 aromatic heterocycles. The predicted molar refractivity (Wildman–Crippen MR) is 104 cm³/mol. The van der Waals surface area contributed by atoms with Gasteiger partial charge in [0.25, 0.3) is 5.56 Å². The molecule has 1 fully saturated rings. The van der Waals surface area contributed by atoms with Gasteiger partial charge >= 0.3 is 0 Å². The van der Waals surface area contributed by atoms with Gasteiger partial charge < -0.3 is 9.80 Å². The lowest BCUT2D eigenvalue weighted by Gasteiger charge is -2.35. The first kappa shape index (κ1) is 17.2. The first-order chi connectivity index (χ1) is 13.1. The zero-order chi connectivity index (χ0) is 18.8. The fourth-order valence-electron chi connectivity index (χ4n) is 3.42. The molecule has 27 heavy (non-hydrogen) atoms. The summed E-state index contributed by atoms with van der Waals surface area (Å²) in [5, 5.41) is 0.547. The van der Waals surface area contributed by atoms with Gasteiger partial charge in [0.15, 0.2) is 0 Å². The Kier molecular flexibility index (Phi) is 4.58. The number of carbonyl (C=O) groups excluding carboxylic acids is 1. The third kappa shape index (κ3) is 3.40. The molecule has 1 saturated heterocycles. The van der Waals surface area contributed by atoms with Crippen molar-refractivity contribution in [2.24, 2.45) is 0 Å². The monoisotopic (exact) mass is 363 g/mol. The van der Waals surface area contributed by atoms with Crippen LogP contribution in [-0.4, -0.2) is 51.5 Å². The average Bonchev–Trinajstić information content (AvgIpc) is 2.71. The number of hydrogen-bond donors (Lipinski definition) is 0. The Morgan fingerprint density at radius 3 is 2.59 bits per heavy atom. The molecule has 0 atom stereocenters. The highest BCUT2D eigenvalue weighted by Crippen LogP contribution is 2.13. The molecular weight excluding hydrogens is 342 g/mol. The molecule has 1 aromatic carbocycles. The fraction of sp³-hybridized carbons (Fsp3) is 0.300. The number of aryl methyl sites for hydroxylation is 1. The Labute approximate surface area is 156 Å². The van der Waals surface area contributed by atoms with E-state index in [0.717, 1.165) is 24.5 Å². The molecule has 1 aliphatic rings. The molecule has 4 rings (SSSR count). The number of amides is 1. The molecule has 7 nitrogen and oxygen atoms in total. The van der Waals surface area contributed by atoms with Crippen LogP contribution in [0.5, 0.6) is 0 Å². The van der Waals surface area contributed by atoms with E-state index in [1.54, 1.807) is 17.2 Å². The van der Waals surface area contributed by atoms with Gasteiger partial charge in [-0.3, -0.25) is 14.2 Å². The molecule has 3 heterocycles. The molecule has 7 heteroatoms. The number of pyridine rings is 1. The molecule has 0 bridgehead atoms. The van der Waals surface area contributed by atoms with Crippen LogP contribution in [-0.2, 0) is 11.3 Å². The number of aromatic nitrogens is 3. The second kappa shape index (κ2) is 7.19. The number of fused-ring (bicyclic) bond motifs is 1. The van der Waals surface area contributed by atoms with Gasteiger partial charge in [-0.15, -0.1) is 0 Å². The van der Waals surface area contributed by atoms with Gasteiger partial charge in [0.2, 0.25) is 5.91 Å². The minimum Gasteiger partial charge on any atom is -0.353 e. The standard InChI is InChI=1S/C20H21N5O2/c1-15-5-4-6-16-19(15)22-14-25(20(16)27)13-18(26)24-11-9-23(10-12-24)17-7-2-3-8-21-17/h2-8,14H,9-13H2,1H3. The largest absolute Gasteiger partial charge is 0.353 e. The van der Waals surface area contributed by atoms with Gasteiger partial charge in [-0.1, -0.05) is 18.2 Å². The van der Waals surface area contributed by atoms with E-state index in [2.05, 4.69) is 14.9 Å². The Balaban J connectivity index is 1.45. The number of anilines is 1. The SMILES string of the molecule is Cc1cccc2c(=O)n(CC(=O)N3CCN(c4ccccn4)CC3)cnc12. The topological polar surface area (TPSA) is 71.3 Å². The van der Waals surface area contributed by atoms with Gasteiger partial charge in [-0.2, -0.15) is 0 Å². The first-order valence-corrected chi connectivity index (χ1v) is 9.02. The summed E-state index contributed by atoms with van der Waals surface area (Å²) in [5.74, 6) is 0.862. The van der Waals surface area contributed by atoms with E-state index in [-0.39, 0.29) is 18.0 Å². The number of carbonyl (C=O) groups is 1. The number of para-hydroxylation sites is 1. The van der Waals surface area contributed by atoms with E-state index >= 15 is 0 Å². The van der Waals surface area contributed by atoms with Gasteiger partial charge in [-0.05, 0) is 30.7 Å². The van der Waals surface area contributed by atoms with Crippen molar-refractivity contribution in [2.75, 3.05) is 31.1 Å². The van der Waals surface area contributed by atoms with E-state index in [1.807, 2.05) is 37.3 Å². The molecule has 1 amide bonds. The number of nitrogens with zero attached hydrogens (tertiary/aromatic N) is 5. The van der Waals surface area contributed by atoms with Crippen molar-refractivity contribution in [2.45, 2.75) is 13.5 Å². The van der Waals surface area contributed by atoms with E-state index in [1.165, 1.54) is 10.9 Å². The third-order valence-corrected chi connectivity index (χ3v) is 4.97. The van der Waals surface area contributed by atoms with Gasteiger partial charge in [-0.25, -0.2) is 9.97 Å². The summed E-state index contributed by atoms with van der Waals surface area (Å²) in [4.78, 5) is 38.0. The van der Waals surface area contributed by atoms with Crippen LogP contribution in [0.2, 0.25) is 0 Å². The molecule has 0 aliphatic carbocycles. The quantitative estimate of drug-likeness (QED) is 0.704. The van der Waals surface area contributed by atoms with Crippen LogP contribution in [0.1, 0.15) is 5.56 Å². The average molecular weight is 363 g/mol. The molecule has 3 aromatic rings. The van der Waals surface area contributed by atoms with Crippen LogP contribution < -0.4 is 10.5 Å². The van der Waals surface area contributed by atoms with Gasteiger partial charge in [0.05, 0.1) is 17.2 Å². The van der Waals surface area contributed by atoms with Crippen molar-refractivity contribution < 1.29 is 4.79 Å². The van der Waals surface area contributed by atoms with Crippen molar-refractivity contribution in [3.8, 4) is 0 Å². The number of piperazine rings is 1. The van der Waals surface area contributed by atoms with E-state index < -0.39 is 0 Å². The van der Waals surface area contributed by atoms with Crippen LogP contribution in [0.3, 0.4) is 0 Å². The second-order valence-corrected chi connectivity index (χ2v) is 6.70. The van der Waals surface area contributed by atoms with Crippen LogP contribution in [0, 0.1) is 6.92 Å². The number of benzene rings is 1. The lowest BCUT2D eigenvalue weighted by atomic mass is 10.1. The molecule has 138 valence electrons. The van der Waals surface area contributed by atoms with E-state index in [0.29, 0.717) is 24.0 Å². The molecule has 0 N–H and O–H groups in total. The van der Waals surface area contributed by atoms with E-state index in [9.17, 15) is 9.59 Å². The smallest absolute Gasteiger partial charge is 0.261 e. The highest BCUT2D eigenvalue weighted by Gasteiger charge is 2.22. The van der Waals surface area contributed by atoms with Gasteiger partial charge in [0, 0.05) is 32.4 Å². The Morgan fingerprint density at radius 1 is 1.04 bits per heavy atom. The fourth-order valence-corrected chi connectivity index (χ4v) is 3.42. The van der Waals surface area contributed by atoms with E-state index in [4.69, 9.17) is 0 Å². The Hall–Kier alpha value is -3.22. The summed E-state index contributed by atoms with van der Waals surface area (Å²) < 4.78 is 1.40. The maximum absolute atomic E-state index is 12.7. The van der Waals surface area contributed by atoms with Crippen LogP contribution in [0.4, 0.5) is 5.82 Å². The molecular formula is C20H21N5O2. The van der Waals surface area contributed by atoms with Crippen molar-refractivity contribution in [3.05, 3.63) is 64.8 Å². The van der Waals surface area contributed by atoms with Crippen LogP contribution in [0.15, 0.2) is 53.7 Å². The molecule has 1 aliphatic heterocycles. The summed E-state index contributed by atoms with van der Waals surface area (Å²) in [7, 11) is 0. The number of hydrogen-bond acceptors (Lipinski definition) is 5. The zero-order valence-corrected chi connectivity index (χ0v) is 15.2. The third-order valence-electron chi connectivity index (χ3n) is 4.97. The molecule has 0 saturated carbocycles. The molecule has 0 radical (unpaired) electrons. The highest BCUT2D eigenvalue weighted by molar-refractivity contribution is 5.81. The lowest BCUT2D eigenvalue weighted by Crippen LogP contribution is -2.50. The Bertz CT molecular complexity index is 1020. The van der Waals surface area contributed by atoms with Crippen molar-refractivity contribution in [1.29, 1.82) is 0 Å². The van der Waals surface area contributed by atoms with Crippen molar-refractivity contribution >= 4 is 22.6 Å². The highest BCUT2D eigenvalue weighted by atomic mass is 16.2. The van der Waals surface area contributed by atoms with Gasteiger partial charge in [0.1, 0.15) is 12.4 Å². The first-order valence-electron chi connectivity index (χ1n) is 9.02. The van der Waals surface area contributed by atoms with Crippen LogP contribution in [0.25, 0.3) is 10.9 Å². The Morgan fingerprint density at radius 2 is 1.85 bits per heavy atom. The maximum atomic E-state index is 12.7. The van der Waals surface area contributed by atoms with Crippen molar-refractivity contribution in [1.82, 2.24) is 19.4 Å². The van der Waals surface area contributed by atoms with Crippen molar-refractivity contribution in [3.63, 3.8) is 0 Å². The number of rotatable bonds is 3. The second-order valence-electron chi connectivity index (χ2n) is 6.70. The summed E-state index contributed by atoms with van der Waals surface area (Å²) in [6.45, 7) is 4.62. The summed E-state index contributed by atoms with van der Waals surface area (Å²) in [5.41, 5.74) is 1.47. The lowest BCUT2D eigenvalue weighted by molar-refractivity contribution is -0.132. The van der Waals surface area contributed by atoms with Crippen LogP contribution >= 0.6 is 0 Å². The predicted octanol–water partition coefficient (Wildman–Crippen LogP) is 1.45. The molecule has 0 spiro atoms. The molecule has 0 unspecified atom stereocenters. The normalized spacial score (nSPS) is 14.6. The maximum Gasteiger partial charge on any atom is 0.261 e. The summed E-state index contributed by atoms with van der Waals surface area (Å²) in [6, 6.07) is 11.3. The summed E-state index contributed by atoms with van der Waals surface area (Å²) >= 11 is 0.